The van der Waals surface area contributed by atoms with Crippen molar-refractivity contribution in [3.05, 3.63) is 53.6 Å². The molecule has 0 atom stereocenters. The van der Waals surface area contributed by atoms with Gasteiger partial charge in [0, 0.05) is 5.69 Å². The SMILES string of the molecule is Cc1ccc2c(c1)N(C(=O)Nc1ccccc1C)CCO2. The lowest BCUT2D eigenvalue weighted by molar-refractivity contribution is 0.250. The third kappa shape index (κ3) is 2.70. The molecule has 4 heteroatoms. The zero-order valence-corrected chi connectivity index (χ0v) is 12.2. The van der Waals surface area contributed by atoms with E-state index in [0.717, 1.165) is 28.3 Å². The summed E-state index contributed by atoms with van der Waals surface area (Å²) < 4.78 is 5.61. The number of ether oxygens (including phenoxy) is 1. The highest BCUT2D eigenvalue weighted by molar-refractivity contribution is 6.03. The van der Waals surface area contributed by atoms with Gasteiger partial charge in [-0.05, 0) is 43.2 Å². The second-order valence-corrected chi connectivity index (χ2v) is 5.22. The molecule has 0 saturated carbocycles. The van der Waals surface area contributed by atoms with Crippen molar-refractivity contribution in [1.29, 1.82) is 0 Å². The molecule has 0 saturated heterocycles. The van der Waals surface area contributed by atoms with E-state index in [0.29, 0.717) is 13.2 Å². The number of para-hydroxylation sites is 1. The number of urea groups is 1. The molecule has 2 aromatic carbocycles. The molecule has 0 aromatic heterocycles. The summed E-state index contributed by atoms with van der Waals surface area (Å²) >= 11 is 0. The minimum absolute atomic E-state index is 0.126. The Hall–Kier alpha value is -2.49. The normalized spacial score (nSPS) is 13.3. The van der Waals surface area contributed by atoms with E-state index in [4.69, 9.17) is 4.74 Å². The number of anilines is 2. The maximum atomic E-state index is 12.6. The first-order valence-corrected chi connectivity index (χ1v) is 7.03. The predicted molar refractivity (Wildman–Crippen MR) is 84.2 cm³/mol. The third-order valence-corrected chi connectivity index (χ3v) is 3.61. The fourth-order valence-corrected chi connectivity index (χ4v) is 2.43. The van der Waals surface area contributed by atoms with Crippen molar-refractivity contribution in [3.63, 3.8) is 0 Å². The van der Waals surface area contributed by atoms with E-state index in [1.54, 1.807) is 4.90 Å². The van der Waals surface area contributed by atoms with Gasteiger partial charge in [-0.15, -0.1) is 0 Å². The highest BCUT2D eigenvalue weighted by Crippen LogP contribution is 2.32. The van der Waals surface area contributed by atoms with Crippen molar-refractivity contribution in [2.75, 3.05) is 23.4 Å². The fourth-order valence-electron chi connectivity index (χ4n) is 2.43. The van der Waals surface area contributed by atoms with Gasteiger partial charge < -0.3 is 10.1 Å². The Morgan fingerprint density at radius 3 is 2.81 bits per heavy atom. The number of aryl methyl sites for hydroxylation is 2. The van der Waals surface area contributed by atoms with Gasteiger partial charge in [-0.2, -0.15) is 0 Å². The van der Waals surface area contributed by atoms with Crippen LogP contribution in [0.1, 0.15) is 11.1 Å². The molecule has 4 nitrogen and oxygen atoms in total. The Morgan fingerprint density at radius 2 is 2.00 bits per heavy atom. The molecule has 1 aliphatic heterocycles. The zero-order valence-electron chi connectivity index (χ0n) is 12.2. The van der Waals surface area contributed by atoms with Crippen molar-refractivity contribution in [2.24, 2.45) is 0 Å². The van der Waals surface area contributed by atoms with Crippen LogP contribution in [0.5, 0.6) is 5.75 Å². The van der Waals surface area contributed by atoms with Crippen LogP contribution in [-0.2, 0) is 0 Å². The van der Waals surface area contributed by atoms with Crippen molar-refractivity contribution < 1.29 is 9.53 Å². The number of nitrogens with zero attached hydrogens (tertiary/aromatic N) is 1. The average Bonchev–Trinajstić information content (AvgIpc) is 2.49. The number of fused-ring (bicyclic) bond motifs is 1. The van der Waals surface area contributed by atoms with Gasteiger partial charge in [0.05, 0.1) is 12.2 Å². The molecule has 0 radical (unpaired) electrons. The van der Waals surface area contributed by atoms with Crippen LogP contribution in [0.2, 0.25) is 0 Å². The molecular weight excluding hydrogens is 264 g/mol. The first-order valence-electron chi connectivity index (χ1n) is 7.03. The van der Waals surface area contributed by atoms with Gasteiger partial charge in [0.2, 0.25) is 0 Å². The van der Waals surface area contributed by atoms with Crippen molar-refractivity contribution in [3.8, 4) is 5.75 Å². The molecule has 2 amide bonds. The molecule has 0 bridgehead atoms. The highest BCUT2D eigenvalue weighted by Gasteiger charge is 2.24. The van der Waals surface area contributed by atoms with E-state index in [2.05, 4.69) is 5.32 Å². The van der Waals surface area contributed by atoms with Crippen LogP contribution in [0, 0.1) is 13.8 Å². The molecule has 108 valence electrons. The smallest absolute Gasteiger partial charge is 0.326 e. The minimum atomic E-state index is -0.126. The van der Waals surface area contributed by atoms with E-state index in [9.17, 15) is 4.79 Å². The predicted octanol–water partition coefficient (Wildman–Crippen LogP) is 3.73. The Kier molecular flexibility index (Phi) is 3.52. The van der Waals surface area contributed by atoms with Crippen molar-refractivity contribution >= 4 is 17.4 Å². The van der Waals surface area contributed by atoms with Crippen LogP contribution in [0.4, 0.5) is 16.2 Å². The molecule has 1 aliphatic rings. The summed E-state index contributed by atoms with van der Waals surface area (Å²) in [6.45, 7) is 5.05. The third-order valence-electron chi connectivity index (χ3n) is 3.61. The summed E-state index contributed by atoms with van der Waals surface area (Å²) in [4.78, 5) is 14.3. The first kappa shape index (κ1) is 13.5. The van der Waals surface area contributed by atoms with Crippen LogP contribution in [-0.4, -0.2) is 19.2 Å². The molecule has 2 aromatic rings. The molecule has 1 N–H and O–H groups in total. The topological polar surface area (TPSA) is 41.6 Å². The Labute approximate surface area is 124 Å². The van der Waals surface area contributed by atoms with Crippen LogP contribution in [0.15, 0.2) is 42.5 Å². The molecule has 0 aliphatic carbocycles. The lowest BCUT2D eigenvalue weighted by Gasteiger charge is -2.30. The van der Waals surface area contributed by atoms with E-state index >= 15 is 0 Å². The van der Waals surface area contributed by atoms with Crippen molar-refractivity contribution in [1.82, 2.24) is 0 Å². The number of amides is 2. The molecule has 0 fully saturated rings. The lowest BCUT2D eigenvalue weighted by atomic mass is 10.1. The lowest BCUT2D eigenvalue weighted by Crippen LogP contribution is -2.40. The van der Waals surface area contributed by atoms with Gasteiger partial charge in [-0.1, -0.05) is 24.3 Å². The van der Waals surface area contributed by atoms with Gasteiger partial charge in [-0.3, -0.25) is 4.90 Å². The first-order chi connectivity index (χ1) is 10.1. The van der Waals surface area contributed by atoms with Gasteiger partial charge in [-0.25, -0.2) is 4.79 Å². The monoisotopic (exact) mass is 282 g/mol. The number of carbonyl (C=O) groups excluding carboxylic acids is 1. The minimum Gasteiger partial charge on any atom is -0.490 e. The van der Waals surface area contributed by atoms with Crippen LogP contribution >= 0.6 is 0 Å². The molecule has 0 unspecified atom stereocenters. The molecular formula is C17H18N2O2. The number of nitrogens with one attached hydrogen (secondary N) is 1. The van der Waals surface area contributed by atoms with E-state index < -0.39 is 0 Å². The Balaban J connectivity index is 1.87. The van der Waals surface area contributed by atoms with E-state index in [1.165, 1.54) is 0 Å². The average molecular weight is 282 g/mol. The summed E-state index contributed by atoms with van der Waals surface area (Å²) in [5.41, 5.74) is 3.81. The van der Waals surface area contributed by atoms with E-state index in [-0.39, 0.29) is 6.03 Å². The summed E-state index contributed by atoms with van der Waals surface area (Å²) in [7, 11) is 0. The second kappa shape index (κ2) is 5.48. The number of carbonyl (C=O) groups is 1. The summed E-state index contributed by atoms with van der Waals surface area (Å²) in [6, 6.07) is 13.5. The molecule has 1 heterocycles. The molecule has 0 spiro atoms. The summed E-state index contributed by atoms with van der Waals surface area (Å²) in [5.74, 6) is 0.756. The van der Waals surface area contributed by atoms with Crippen LogP contribution in [0.3, 0.4) is 0 Å². The quantitative estimate of drug-likeness (QED) is 0.865. The van der Waals surface area contributed by atoms with Gasteiger partial charge >= 0.3 is 6.03 Å². The summed E-state index contributed by atoms with van der Waals surface area (Å²) in [5, 5.41) is 2.97. The Bertz CT molecular complexity index is 682. The van der Waals surface area contributed by atoms with E-state index in [1.807, 2.05) is 56.3 Å². The van der Waals surface area contributed by atoms with Gasteiger partial charge in [0.15, 0.2) is 0 Å². The van der Waals surface area contributed by atoms with Gasteiger partial charge in [0.1, 0.15) is 12.4 Å². The van der Waals surface area contributed by atoms with Crippen LogP contribution < -0.4 is 15.0 Å². The number of hydrogen-bond acceptors (Lipinski definition) is 2. The maximum Gasteiger partial charge on any atom is 0.326 e. The number of hydrogen-bond donors (Lipinski definition) is 1. The number of rotatable bonds is 1. The molecule has 21 heavy (non-hydrogen) atoms. The molecule has 3 rings (SSSR count). The number of benzene rings is 2. The zero-order chi connectivity index (χ0) is 14.8. The maximum absolute atomic E-state index is 12.6. The van der Waals surface area contributed by atoms with Crippen molar-refractivity contribution in [2.45, 2.75) is 13.8 Å². The van der Waals surface area contributed by atoms with Crippen LogP contribution in [0.25, 0.3) is 0 Å². The standard InChI is InChI=1S/C17H18N2O2/c1-12-7-8-16-15(11-12)19(9-10-21-16)17(20)18-14-6-4-3-5-13(14)2/h3-8,11H,9-10H2,1-2H3,(H,18,20). The van der Waals surface area contributed by atoms with Gasteiger partial charge in [0.25, 0.3) is 0 Å². The summed E-state index contributed by atoms with van der Waals surface area (Å²) in [6.07, 6.45) is 0. The second-order valence-electron chi connectivity index (χ2n) is 5.22. The largest absolute Gasteiger partial charge is 0.490 e. The highest BCUT2D eigenvalue weighted by atomic mass is 16.5. The fraction of sp³-hybridized carbons (Fsp3) is 0.235. The Morgan fingerprint density at radius 1 is 1.19 bits per heavy atom.